The molecule has 4 N–H and O–H groups in total. The first-order chi connectivity index (χ1) is 7.97. The van der Waals surface area contributed by atoms with Gasteiger partial charge in [0.1, 0.15) is 6.10 Å². The Kier molecular flexibility index (Phi) is 4.36. The number of nitrogens with two attached hydrogens (primary N) is 1. The molecule has 0 fully saturated rings. The first kappa shape index (κ1) is 13.3. The van der Waals surface area contributed by atoms with Crippen molar-refractivity contribution in [2.75, 3.05) is 12.3 Å². The van der Waals surface area contributed by atoms with E-state index in [1.807, 2.05) is 0 Å². The lowest BCUT2D eigenvalue weighted by molar-refractivity contribution is -0.159. The Morgan fingerprint density at radius 1 is 1.65 bits per heavy atom. The molecule has 0 aromatic carbocycles. The van der Waals surface area contributed by atoms with Crippen molar-refractivity contribution in [3.05, 3.63) is 23.6 Å². The Labute approximate surface area is 96.8 Å². The van der Waals surface area contributed by atoms with Crippen molar-refractivity contribution in [3.8, 4) is 0 Å². The van der Waals surface area contributed by atoms with Crippen LogP contribution in [0.3, 0.4) is 0 Å². The second-order valence-corrected chi connectivity index (χ2v) is 3.28. The van der Waals surface area contributed by atoms with E-state index in [9.17, 15) is 19.4 Å². The smallest absolute Gasteiger partial charge is 0.338 e. The molecule has 2 atom stereocenters. The molecule has 0 spiro atoms. The highest BCUT2D eigenvalue weighted by Gasteiger charge is 2.27. The van der Waals surface area contributed by atoms with Gasteiger partial charge >= 0.3 is 5.97 Å². The molecular formula is C10H13FN2O4. The van der Waals surface area contributed by atoms with Crippen LogP contribution in [-0.2, 0) is 9.53 Å². The van der Waals surface area contributed by atoms with E-state index in [1.54, 1.807) is 6.92 Å². The first-order valence-corrected chi connectivity index (χ1v) is 4.91. The van der Waals surface area contributed by atoms with E-state index in [-0.39, 0.29) is 18.0 Å². The predicted molar refractivity (Wildman–Crippen MR) is 56.2 cm³/mol. The molecule has 0 aliphatic heterocycles. The lowest BCUT2D eigenvalue weighted by atomic mass is 10.1. The van der Waals surface area contributed by atoms with Gasteiger partial charge in [-0.05, 0) is 13.0 Å². The van der Waals surface area contributed by atoms with Gasteiger partial charge in [0.25, 0.3) is 0 Å². The summed E-state index contributed by atoms with van der Waals surface area (Å²) in [7, 11) is 0. The predicted octanol–water partition coefficient (Wildman–Crippen LogP) is -0.240. The van der Waals surface area contributed by atoms with Crippen molar-refractivity contribution in [1.82, 2.24) is 4.98 Å². The van der Waals surface area contributed by atoms with Crippen LogP contribution < -0.4 is 5.73 Å². The molecule has 0 radical (unpaired) electrons. The second kappa shape index (κ2) is 5.55. The van der Waals surface area contributed by atoms with Gasteiger partial charge in [0.2, 0.25) is 0 Å². The number of carbonyl (C=O) groups is 1. The van der Waals surface area contributed by atoms with Crippen molar-refractivity contribution in [2.45, 2.75) is 19.1 Å². The van der Waals surface area contributed by atoms with Crippen LogP contribution in [0.15, 0.2) is 12.3 Å². The molecular weight excluding hydrogens is 231 g/mol. The Hall–Kier alpha value is -1.73. The SMILES string of the molecule is CCOC(=O)C(O)C(O)c1cnc(N)c(F)c1. The Bertz CT molecular complexity index is 413. The van der Waals surface area contributed by atoms with Crippen LogP contribution in [0, 0.1) is 5.82 Å². The van der Waals surface area contributed by atoms with E-state index in [2.05, 4.69) is 9.72 Å². The van der Waals surface area contributed by atoms with Crippen molar-refractivity contribution in [2.24, 2.45) is 0 Å². The zero-order chi connectivity index (χ0) is 13.0. The number of rotatable bonds is 4. The van der Waals surface area contributed by atoms with Gasteiger partial charge in [-0.2, -0.15) is 0 Å². The van der Waals surface area contributed by atoms with Crippen molar-refractivity contribution in [3.63, 3.8) is 0 Å². The molecule has 0 bridgehead atoms. The zero-order valence-electron chi connectivity index (χ0n) is 9.13. The summed E-state index contributed by atoms with van der Waals surface area (Å²) in [4.78, 5) is 14.6. The maximum Gasteiger partial charge on any atom is 0.338 e. The van der Waals surface area contributed by atoms with Crippen LogP contribution in [0.25, 0.3) is 0 Å². The van der Waals surface area contributed by atoms with Crippen molar-refractivity contribution >= 4 is 11.8 Å². The number of pyridine rings is 1. The minimum atomic E-state index is -1.79. The second-order valence-electron chi connectivity index (χ2n) is 3.28. The summed E-state index contributed by atoms with van der Waals surface area (Å²) in [6.07, 6.45) is -2.33. The number of hydrogen-bond donors (Lipinski definition) is 3. The molecule has 0 saturated carbocycles. The van der Waals surface area contributed by atoms with Gasteiger partial charge in [-0.3, -0.25) is 0 Å². The van der Waals surface area contributed by atoms with E-state index in [4.69, 9.17) is 5.73 Å². The fraction of sp³-hybridized carbons (Fsp3) is 0.400. The summed E-state index contributed by atoms with van der Waals surface area (Å²) in [5.74, 6) is -2.15. The minimum absolute atomic E-state index is 0.0581. The largest absolute Gasteiger partial charge is 0.464 e. The highest BCUT2D eigenvalue weighted by Crippen LogP contribution is 2.19. The number of ether oxygens (including phenoxy) is 1. The standard InChI is InChI=1S/C10H13FN2O4/c1-2-17-10(16)8(15)7(14)5-3-6(11)9(12)13-4-5/h3-4,7-8,14-15H,2H2,1H3,(H2,12,13). The maximum absolute atomic E-state index is 13.1. The molecule has 2 unspecified atom stereocenters. The fourth-order valence-electron chi connectivity index (χ4n) is 1.16. The number of hydrogen-bond acceptors (Lipinski definition) is 6. The number of nitrogen functional groups attached to an aromatic ring is 1. The highest BCUT2D eigenvalue weighted by atomic mass is 19.1. The normalized spacial score (nSPS) is 14.1. The van der Waals surface area contributed by atoms with E-state index in [1.165, 1.54) is 0 Å². The van der Waals surface area contributed by atoms with Crippen LogP contribution >= 0.6 is 0 Å². The number of aromatic nitrogens is 1. The summed E-state index contributed by atoms with van der Waals surface area (Å²) >= 11 is 0. The minimum Gasteiger partial charge on any atom is -0.464 e. The summed E-state index contributed by atoms with van der Waals surface area (Å²) < 4.78 is 17.6. The van der Waals surface area contributed by atoms with Gasteiger partial charge in [0.15, 0.2) is 17.7 Å². The lowest BCUT2D eigenvalue weighted by Gasteiger charge is -2.16. The molecule has 17 heavy (non-hydrogen) atoms. The fourth-order valence-corrected chi connectivity index (χ4v) is 1.16. The van der Waals surface area contributed by atoms with Crippen molar-refractivity contribution < 1.29 is 24.1 Å². The summed E-state index contributed by atoms with van der Waals surface area (Å²) in [5.41, 5.74) is 5.09. The lowest BCUT2D eigenvalue weighted by Crippen LogP contribution is -2.30. The topological polar surface area (TPSA) is 106 Å². The average molecular weight is 244 g/mol. The van der Waals surface area contributed by atoms with Gasteiger partial charge in [-0.15, -0.1) is 0 Å². The Morgan fingerprint density at radius 2 is 2.29 bits per heavy atom. The highest BCUT2D eigenvalue weighted by molar-refractivity contribution is 5.75. The number of esters is 1. The van der Waals surface area contributed by atoms with E-state index in [0.717, 1.165) is 12.3 Å². The van der Waals surface area contributed by atoms with E-state index in [0.29, 0.717) is 0 Å². The van der Waals surface area contributed by atoms with Crippen LogP contribution in [0.2, 0.25) is 0 Å². The molecule has 1 aromatic rings. The third-order valence-electron chi connectivity index (χ3n) is 2.06. The number of nitrogens with zero attached hydrogens (tertiary/aromatic N) is 1. The Morgan fingerprint density at radius 3 is 2.82 bits per heavy atom. The molecule has 0 amide bonds. The van der Waals surface area contributed by atoms with Crippen LogP contribution in [-0.4, -0.2) is 33.9 Å². The Balaban J connectivity index is 2.84. The van der Waals surface area contributed by atoms with Gasteiger partial charge in [-0.25, -0.2) is 14.2 Å². The summed E-state index contributed by atoms with van der Waals surface area (Å²) in [5, 5.41) is 19.0. The zero-order valence-corrected chi connectivity index (χ0v) is 9.13. The number of aliphatic hydroxyl groups excluding tert-OH is 2. The molecule has 1 heterocycles. The quantitative estimate of drug-likeness (QED) is 0.631. The first-order valence-electron chi connectivity index (χ1n) is 4.91. The number of carbonyl (C=O) groups excluding carboxylic acids is 1. The summed E-state index contributed by atoms with van der Waals surface area (Å²) in [6.45, 7) is 1.62. The van der Waals surface area contributed by atoms with Crippen LogP contribution in [0.5, 0.6) is 0 Å². The third-order valence-corrected chi connectivity index (χ3v) is 2.06. The number of anilines is 1. The average Bonchev–Trinajstić information content (AvgIpc) is 2.31. The molecule has 0 aliphatic carbocycles. The maximum atomic E-state index is 13.1. The van der Waals surface area contributed by atoms with Gasteiger partial charge in [0, 0.05) is 11.8 Å². The van der Waals surface area contributed by atoms with Gasteiger partial charge in [-0.1, -0.05) is 0 Å². The third kappa shape index (κ3) is 3.11. The van der Waals surface area contributed by atoms with E-state index >= 15 is 0 Å². The van der Waals surface area contributed by atoms with E-state index < -0.39 is 24.0 Å². The molecule has 7 heteroatoms. The molecule has 1 rings (SSSR count). The molecule has 0 aliphatic rings. The van der Waals surface area contributed by atoms with Gasteiger partial charge in [0.05, 0.1) is 6.61 Å². The molecule has 6 nitrogen and oxygen atoms in total. The number of aliphatic hydroxyl groups is 2. The summed E-state index contributed by atoms with van der Waals surface area (Å²) in [6, 6.07) is 0.898. The van der Waals surface area contributed by atoms with Crippen molar-refractivity contribution in [1.29, 1.82) is 0 Å². The monoisotopic (exact) mass is 244 g/mol. The van der Waals surface area contributed by atoms with Gasteiger partial charge < -0.3 is 20.7 Å². The molecule has 0 saturated heterocycles. The number of halogens is 1. The molecule has 1 aromatic heterocycles. The van der Waals surface area contributed by atoms with Crippen LogP contribution in [0.4, 0.5) is 10.2 Å². The van der Waals surface area contributed by atoms with Crippen LogP contribution in [0.1, 0.15) is 18.6 Å². The molecule has 94 valence electrons.